The fraction of sp³-hybridized carbons (Fsp3) is 0.136. The Kier molecular flexibility index (Phi) is 5.56. The third-order valence-electron chi connectivity index (χ3n) is 4.60. The number of carbonyl (C=O) groups is 2. The first-order chi connectivity index (χ1) is 14.6. The van der Waals surface area contributed by atoms with Gasteiger partial charge in [-0.15, -0.1) is 0 Å². The molecule has 0 spiro atoms. The summed E-state index contributed by atoms with van der Waals surface area (Å²) < 4.78 is 19.0. The van der Waals surface area contributed by atoms with E-state index in [-0.39, 0.29) is 18.5 Å². The van der Waals surface area contributed by atoms with Crippen molar-refractivity contribution in [2.45, 2.75) is 6.54 Å². The van der Waals surface area contributed by atoms with E-state index in [1.54, 1.807) is 59.6 Å². The number of anilines is 1. The van der Waals surface area contributed by atoms with Gasteiger partial charge in [0.15, 0.2) is 0 Å². The van der Waals surface area contributed by atoms with E-state index in [1.807, 2.05) is 0 Å². The van der Waals surface area contributed by atoms with Gasteiger partial charge in [-0.25, -0.2) is 14.2 Å². The molecule has 1 aliphatic rings. The molecule has 8 heteroatoms. The Balaban J connectivity index is 1.41. The largest absolute Gasteiger partial charge is 0.439 e. The van der Waals surface area contributed by atoms with Crippen molar-refractivity contribution >= 4 is 17.6 Å². The summed E-state index contributed by atoms with van der Waals surface area (Å²) in [5, 5.41) is 5.56. The number of amides is 3. The standard InChI is InChI=1S/C22H19FN4O3/c23-17-4-1-5-19(13-17)30-21-16(3-2-10-24-21)14-26-20(28)15-6-8-18(9-7-15)27-12-11-25-22(27)29/h1-10,13H,11-12,14H2,(H,25,29)(H,26,28). The van der Waals surface area contributed by atoms with Crippen molar-refractivity contribution < 1.29 is 18.7 Å². The Morgan fingerprint density at radius 3 is 2.73 bits per heavy atom. The summed E-state index contributed by atoms with van der Waals surface area (Å²) in [7, 11) is 0. The molecular weight excluding hydrogens is 387 g/mol. The van der Waals surface area contributed by atoms with Crippen molar-refractivity contribution in [2.75, 3.05) is 18.0 Å². The molecular formula is C22H19FN4O3. The Bertz CT molecular complexity index is 1070. The minimum atomic E-state index is -0.409. The number of nitrogens with one attached hydrogen (secondary N) is 2. The van der Waals surface area contributed by atoms with E-state index >= 15 is 0 Å². The van der Waals surface area contributed by atoms with Gasteiger partial charge in [0.1, 0.15) is 11.6 Å². The highest BCUT2D eigenvalue weighted by Crippen LogP contribution is 2.23. The summed E-state index contributed by atoms with van der Waals surface area (Å²) in [6.07, 6.45) is 1.56. The van der Waals surface area contributed by atoms with E-state index in [2.05, 4.69) is 15.6 Å². The Morgan fingerprint density at radius 1 is 1.17 bits per heavy atom. The summed E-state index contributed by atoms with van der Waals surface area (Å²) in [4.78, 5) is 30.0. The van der Waals surface area contributed by atoms with Crippen LogP contribution in [0.4, 0.5) is 14.9 Å². The summed E-state index contributed by atoms with van der Waals surface area (Å²) in [5.41, 5.74) is 1.86. The minimum absolute atomic E-state index is 0.144. The van der Waals surface area contributed by atoms with Gasteiger partial charge in [0.2, 0.25) is 5.88 Å². The zero-order valence-corrected chi connectivity index (χ0v) is 16.0. The SMILES string of the molecule is O=C(NCc1cccnc1Oc1cccc(F)c1)c1ccc(N2CCNC2=O)cc1. The maximum absolute atomic E-state index is 13.4. The monoisotopic (exact) mass is 406 g/mol. The van der Waals surface area contributed by atoms with Crippen LogP contribution in [-0.2, 0) is 6.54 Å². The topological polar surface area (TPSA) is 83.6 Å². The number of nitrogens with zero attached hydrogens (tertiary/aromatic N) is 2. The molecule has 30 heavy (non-hydrogen) atoms. The Labute approximate surface area is 172 Å². The first-order valence-corrected chi connectivity index (χ1v) is 9.41. The van der Waals surface area contributed by atoms with E-state index in [9.17, 15) is 14.0 Å². The molecule has 1 aliphatic heterocycles. The molecule has 0 aliphatic carbocycles. The third-order valence-corrected chi connectivity index (χ3v) is 4.60. The Hall–Kier alpha value is -3.94. The molecule has 0 unspecified atom stereocenters. The maximum atomic E-state index is 13.4. The van der Waals surface area contributed by atoms with Gasteiger partial charge >= 0.3 is 6.03 Å². The lowest BCUT2D eigenvalue weighted by Crippen LogP contribution is -2.28. The molecule has 2 aromatic carbocycles. The fourth-order valence-electron chi connectivity index (χ4n) is 3.08. The first-order valence-electron chi connectivity index (χ1n) is 9.41. The summed E-state index contributed by atoms with van der Waals surface area (Å²) >= 11 is 0. The van der Waals surface area contributed by atoms with Gasteiger partial charge < -0.3 is 15.4 Å². The highest BCUT2D eigenvalue weighted by Gasteiger charge is 2.21. The van der Waals surface area contributed by atoms with Gasteiger partial charge in [-0.05, 0) is 42.5 Å². The molecule has 152 valence electrons. The van der Waals surface area contributed by atoms with Crippen LogP contribution >= 0.6 is 0 Å². The second kappa shape index (κ2) is 8.60. The molecule has 2 N–H and O–H groups in total. The van der Waals surface area contributed by atoms with Gasteiger partial charge in [0, 0.05) is 48.7 Å². The van der Waals surface area contributed by atoms with Gasteiger partial charge in [0.05, 0.1) is 0 Å². The molecule has 3 amide bonds. The number of hydrogen-bond acceptors (Lipinski definition) is 4. The van der Waals surface area contributed by atoms with E-state index in [4.69, 9.17) is 4.74 Å². The normalized spacial score (nSPS) is 13.1. The highest BCUT2D eigenvalue weighted by atomic mass is 19.1. The van der Waals surface area contributed by atoms with Crippen LogP contribution in [-0.4, -0.2) is 30.0 Å². The molecule has 1 fully saturated rings. The molecule has 7 nitrogen and oxygen atoms in total. The molecule has 1 aromatic heterocycles. The van der Waals surface area contributed by atoms with Gasteiger partial charge in [-0.3, -0.25) is 9.69 Å². The number of aromatic nitrogens is 1. The average molecular weight is 406 g/mol. The van der Waals surface area contributed by atoms with Crippen molar-refractivity contribution in [3.05, 3.63) is 83.8 Å². The number of halogens is 1. The zero-order chi connectivity index (χ0) is 20.9. The van der Waals surface area contributed by atoms with E-state index in [0.29, 0.717) is 35.8 Å². The number of ether oxygens (including phenoxy) is 1. The smallest absolute Gasteiger partial charge is 0.321 e. The second-order valence-corrected chi connectivity index (χ2v) is 6.64. The van der Waals surface area contributed by atoms with Crippen LogP contribution in [0.3, 0.4) is 0 Å². The number of rotatable bonds is 6. The van der Waals surface area contributed by atoms with Gasteiger partial charge in [-0.2, -0.15) is 0 Å². The molecule has 3 aromatic rings. The number of benzene rings is 2. The predicted molar refractivity (Wildman–Crippen MR) is 109 cm³/mol. The molecule has 0 radical (unpaired) electrons. The lowest BCUT2D eigenvalue weighted by atomic mass is 10.1. The van der Waals surface area contributed by atoms with Crippen LogP contribution < -0.4 is 20.3 Å². The molecule has 0 atom stereocenters. The highest BCUT2D eigenvalue weighted by molar-refractivity contribution is 5.97. The summed E-state index contributed by atoms with van der Waals surface area (Å²) in [6, 6.07) is 15.9. The quantitative estimate of drug-likeness (QED) is 0.657. The van der Waals surface area contributed by atoms with E-state index < -0.39 is 5.82 Å². The van der Waals surface area contributed by atoms with Crippen molar-refractivity contribution in [1.29, 1.82) is 0 Å². The molecule has 4 rings (SSSR count). The minimum Gasteiger partial charge on any atom is -0.439 e. The lowest BCUT2D eigenvalue weighted by molar-refractivity contribution is 0.0950. The molecule has 0 bridgehead atoms. The predicted octanol–water partition coefficient (Wildman–Crippen LogP) is 3.47. The third kappa shape index (κ3) is 4.38. The van der Waals surface area contributed by atoms with Crippen molar-refractivity contribution in [2.24, 2.45) is 0 Å². The number of carbonyl (C=O) groups excluding carboxylic acids is 2. The molecule has 2 heterocycles. The first kappa shape index (κ1) is 19.4. The zero-order valence-electron chi connectivity index (χ0n) is 16.0. The lowest BCUT2D eigenvalue weighted by Gasteiger charge is -2.14. The van der Waals surface area contributed by atoms with Crippen molar-refractivity contribution in [3.63, 3.8) is 0 Å². The van der Waals surface area contributed by atoms with Crippen LogP contribution in [0.1, 0.15) is 15.9 Å². The van der Waals surface area contributed by atoms with Crippen molar-refractivity contribution in [1.82, 2.24) is 15.6 Å². The maximum Gasteiger partial charge on any atom is 0.321 e. The fourth-order valence-corrected chi connectivity index (χ4v) is 3.08. The average Bonchev–Trinajstić information content (AvgIpc) is 3.19. The number of pyridine rings is 1. The molecule has 0 saturated carbocycles. The Morgan fingerprint density at radius 2 is 2.00 bits per heavy atom. The molecule has 1 saturated heterocycles. The summed E-state index contributed by atoms with van der Waals surface area (Å²) in [6.45, 7) is 1.39. The van der Waals surface area contributed by atoms with Crippen LogP contribution in [0.2, 0.25) is 0 Å². The second-order valence-electron chi connectivity index (χ2n) is 6.64. The van der Waals surface area contributed by atoms with Crippen molar-refractivity contribution in [3.8, 4) is 11.6 Å². The number of urea groups is 1. The van der Waals surface area contributed by atoms with Crippen LogP contribution in [0.5, 0.6) is 11.6 Å². The van der Waals surface area contributed by atoms with Gasteiger partial charge in [0.25, 0.3) is 5.91 Å². The van der Waals surface area contributed by atoms with Gasteiger partial charge in [-0.1, -0.05) is 12.1 Å². The van der Waals surface area contributed by atoms with Crippen LogP contribution in [0.15, 0.2) is 66.9 Å². The summed E-state index contributed by atoms with van der Waals surface area (Å²) in [5.74, 6) is -0.0669. The van der Waals surface area contributed by atoms with E-state index in [1.165, 1.54) is 12.1 Å². The van der Waals surface area contributed by atoms with Crippen LogP contribution in [0, 0.1) is 5.82 Å². The number of hydrogen-bond donors (Lipinski definition) is 2. The van der Waals surface area contributed by atoms with Crippen LogP contribution in [0.25, 0.3) is 0 Å². The van der Waals surface area contributed by atoms with E-state index in [0.717, 1.165) is 5.69 Å².